The van der Waals surface area contributed by atoms with E-state index in [0.717, 1.165) is 49.0 Å². The molecule has 2 aromatic rings. The van der Waals surface area contributed by atoms with Crippen LogP contribution in [0.25, 0.3) is 0 Å². The van der Waals surface area contributed by atoms with Crippen LogP contribution >= 0.6 is 11.6 Å². The molecule has 1 atom stereocenters. The summed E-state index contributed by atoms with van der Waals surface area (Å²) in [6.45, 7) is 8.24. The second-order valence-electron chi connectivity index (χ2n) is 7.16. The molecule has 1 saturated heterocycles. The molecular formula is C22H28ClN3O. The van der Waals surface area contributed by atoms with Crippen molar-refractivity contribution in [3.05, 3.63) is 59.1 Å². The summed E-state index contributed by atoms with van der Waals surface area (Å²) in [7, 11) is 0. The van der Waals surface area contributed by atoms with Crippen LogP contribution in [0.15, 0.2) is 48.5 Å². The van der Waals surface area contributed by atoms with Crippen LogP contribution < -0.4 is 10.2 Å². The highest BCUT2D eigenvalue weighted by Gasteiger charge is 2.21. The number of amides is 1. The van der Waals surface area contributed by atoms with Gasteiger partial charge in [0.15, 0.2) is 0 Å². The van der Waals surface area contributed by atoms with Gasteiger partial charge in [-0.25, -0.2) is 0 Å². The molecule has 1 N–H and O–H groups in total. The second kappa shape index (κ2) is 9.25. The first-order valence-corrected chi connectivity index (χ1v) is 10.1. The Balaban J connectivity index is 1.54. The fourth-order valence-corrected chi connectivity index (χ4v) is 3.76. The Morgan fingerprint density at radius 1 is 1.07 bits per heavy atom. The number of hydrogen-bond donors (Lipinski definition) is 1. The van der Waals surface area contributed by atoms with Crippen molar-refractivity contribution in [3.8, 4) is 0 Å². The predicted octanol–water partition coefficient (Wildman–Crippen LogP) is 4.61. The molecule has 0 radical (unpaired) electrons. The molecule has 0 aliphatic carbocycles. The zero-order valence-corrected chi connectivity index (χ0v) is 16.9. The number of anilines is 2. The third-order valence-electron chi connectivity index (χ3n) is 5.31. The monoisotopic (exact) mass is 385 g/mol. The van der Waals surface area contributed by atoms with E-state index in [1.54, 1.807) is 0 Å². The summed E-state index contributed by atoms with van der Waals surface area (Å²) in [6, 6.07) is 16.0. The van der Waals surface area contributed by atoms with E-state index in [4.69, 9.17) is 11.6 Å². The Morgan fingerprint density at radius 3 is 2.44 bits per heavy atom. The average Bonchev–Trinajstić information content (AvgIpc) is 2.69. The number of nitrogens with one attached hydrogen (secondary N) is 1. The summed E-state index contributed by atoms with van der Waals surface area (Å²) in [6.07, 6.45) is 1.05. The minimum absolute atomic E-state index is 0.0527. The SMILES string of the molecule is CC[C@H](C)c1ccccc1NC(=O)CN1CCN(c2ccccc2Cl)CC1. The molecule has 1 amide bonds. The molecular weight excluding hydrogens is 358 g/mol. The Labute approximate surface area is 167 Å². The molecule has 5 heteroatoms. The summed E-state index contributed by atoms with van der Waals surface area (Å²) in [5.41, 5.74) is 3.22. The fourth-order valence-electron chi connectivity index (χ4n) is 3.51. The molecule has 2 aromatic carbocycles. The summed E-state index contributed by atoms with van der Waals surface area (Å²) in [5.74, 6) is 0.484. The van der Waals surface area contributed by atoms with Crippen molar-refractivity contribution in [2.24, 2.45) is 0 Å². The van der Waals surface area contributed by atoms with E-state index in [9.17, 15) is 4.79 Å². The maximum atomic E-state index is 12.6. The maximum Gasteiger partial charge on any atom is 0.238 e. The van der Waals surface area contributed by atoms with Crippen LogP contribution in [0.4, 0.5) is 11.4 Å². The van der Waals surface area contributed by atoms with Crippen LogP contribution in [0.1, 0.15) is 31.7 Å². The highest BCUT2D eigenvalue weighted by molar-refractivity contribution is 6.33. The van der Waals surface area contributed by atoms with Crippen molar-refractivity contribution in [2.45, 2.75) is 26.2 Å². The molecule has 1 heterocycles. The van der Waals surface area contributed by atoms with Gasteiger partial charge in [-0.05, 0) is 36.1 Å². The standard InChI is InChI=1S/C22H28ClN3O/c1-3-17(2)18-8-4-6-10-20(18)24-22(27)16-25-12-14-26(15-13-25)21-11-7-5-9-19(21)23/h4-11,17H,3,12-16H2,1-2H3,(H,24,27)/t17-/m0/s1. The van der Waals surface area contributed by atoms with Crippen LogP contribution in [0.2, 0.25) is 5.02 Å². The molecule has 0 saturated carbocycles. The fraction of sp³-hybridized carbons (Fsp3) is 0.409. The number of piperazine rings is 1. The molecule has 0 aromatic heterocycles. The van der Waals surface area contributed by atoms with E-state index < -0.39 is 0 Å². The number of benzene rings is 2. The van der Waals surface area contributed by atoms with Crippen molar-refractivity contribution in [1.29, 1.82) is 0 Å². The number of nitrogens with zero attached hydrogens (tertiary/aromatic N) is 2. The molecule has 0 bridgehead atoms. The first-order valence-electron chi connectivity index (χ1n) is 9.69. The summed E-state index contributed by atoms with van der Waals surface area (Å²) in [5, 5.41) is 3.89. The van der Waals surface area contributed by atoms with Crippen molar-refractivity contribution in [2.75, 3.05) is 42.9 Å². The van der Waals surface area contributed by atoms with Gasteiger partial charge in [0.05, 0.1) is 17.3 Å². The normalized spacial score (nSPS) is 16.2. The van der Waals surface area contributed by atoms with Gasteiger partial charge in [-0.3, -0.25) is 9.69 Å². The third kappa shape index (κ3) is 5.02. The van der Waals surface area contributed by atoms with E-state index in [1.165, 1.54) is 5.56 Å². The van der Waals surface area contributed by atoms with Gasteiger partial charge >= 0.3 is 0 Å². The first kappa shape index (κ1) is 19.7. The van der Waals surface area contributed by atoms with E-state index in [2.05, 4.69) is 41.1 Å². The topological polar surface area (TPSA) is 35.6 Å². The quantitative estimate of drug-likeness (QED) is 0.788. The first-order chi connectivity index (χ1) is 13.1. The minimum atomic E-state index is 0.0527. The van der Waals surface area contributed by atoms with Gasteiger partial charge < -0.3 is 10.2 Å². The molecule has 0 unspecified atom stereocenters. The van der Waals surface area contributed by atoms with Gasteiger partial charge in [0.25, 0.3) is 0 Å². The number of para-hydroxylation sites is 2. The lowest BCUT2D eigenvalue weighted by atomic mass is 9.97. The van der Waals surface area contributed by atoms with Gasteiger partial charge in [0.2, 0.25) is 5.91 Å². The summed E-state index contributed by atoms with van der Waals surface area (Å²) >= 11 is 6.30. The molecule has 1 aliphatic rings. The van der Waals surface area contributed by atoms with Gasteiger partial charge in [-0.2, -0.15) is 0 Å². The van der Waals surface area contributed by atoms with Crippen molar-refractivity contribution in [1.82, 2.24) is 4.90 Å². The Morgan fingerprint density at radius 2 is 1.74 bits per heavy atom. The number of rotatable bonds is 6. The molecule has 27 heavy (non-hydrogen) atoms. The lowest BCUT2D eigenvalue weighted by Gasteiger charge is -2.36. The Bertz CT molecular complexity index is 772. The lowest BCUT2D eigenvalue weighted by Crippen LogP contribution is -2.48. The largest absolute Gasteiger partial charge is 0.368 e. The number of carbonyl (C=O) groups is 1. The number of halogens is 1. The summed E-state index contributed by atoms with van der Waals surface area (Å²) < 4.78 is 0. The van der Waals surface area contributed by atoms with Crippen LogP contribution in [0, 0.1) is 0 Å². The Hall–Kier alpha value is -2.04. The molecule has 3 rings (SSSR count). The smallest absolute Gasteiger partial charge is 0.238 e. The highest BCUT2D eigenvalue weighted by atomic mass is 35.5. The Kier molecular flexibility index (Phi) is 6.75. The number of hydrogen-bond acceptors (Lipinski definition) is 3. The second-order valence-corrected chi connectivity index (χ2v) is 7.57. The van der Waals surface area contributed by atoms with Crippen LogP contribution in [0.5, 0.6) is 0 Å². The number of carbonyl (C=O) groups excluding carboxylic acids is 1. The highest BCUT2D eigenvalue weighted by Crippen LogP contribution is 2.27. The zero-order valence-electron chi connectivity index (χ0n) is 16.1. The zero-order chi connectivity index (χ0) is 19.2. The van der Waals surface area contributed by atoms with Crippen molar-refractivity contribution in [3.63, 3.8) is 0 Å². The minimum Gasteiger partial charge on any atom is -0.368 e. The van der Waals surface area contributed by atoms with Gasteiger partial charge in [0.1, 0.15) is 0 Å². The molecule has 1 fully saturated rings. The third-order valence-corrected chi connectivity index (χ3v) is 5.63. The molecule has 1 aliphatic heterocycles. The molecule has 144 valence electrons. The summed E-state index contributed by atoms with van der Waals surface area (Å²) in [4.78, 5) is 17.1. The van der Waals surface area contributed by atoms with E-state index >= 15 is 0 Å². The van der Waals surface area contributed by atoms with Crippen LogP contribution in [-0.4, -0.2) is 43.5 Å². The van der Waals surface area contributed by atoms with E-state index in [0.29, 0.717) is 12.5 Å². The van der Waals surface area contributed by atoms with Crippen LogP contribution in [-0.2, 0) is 4.79 Å². The van der Waals surface area contributed by atoms with Crippen molar-refractivity contribution < 1.29 is 4.79 Å². The van der Waals surface area contributed by atoms with Gasteiger partial charge in [-0.15, -0.1) is 0 Å². The lowest BCUT2D eigenvalue weighted by molar-refractivity contribution is -0.117. The van der Waals surface area contributed by atoms with Crippen molar-refractivity contribution >= 4 is 28.9 Å². The molecule has 4 nitrogen and oxygen atoms in total. The van der Waals surface area contributed by atoms with Crippen LogP contribution in [0.3, 0.4) is 0 Å². The maximum absolute atomic E-state index is 12.6. The average molecular weight is 386 g/mol. The molecule has 0 spiro atoms. The van der Waals surface area contributed by atoms with E-state index in [1.807, 2.05) is 36.4 Å². The predicted molar refractivity (Wildman–Crippen MR) is 114 cm³/mol. The van der Waals surface area contributed by atoms with Gasteiger partial charge in [-0.1, -0.05) is 55.8 Å². The van der Waals surface area contributed by atoms with E-state index in [-0.39, 0.29) is 5.91 Å². The van der Waals surface area contributed by atoms with Gasteiger partial charge in [0, 0.05) is 31.9 Å².